The first-order valence-corrected chi connectivity index (χ1v) is 6.61. The summed E-state index contributed by atoms with van der Waals surface area (Å²) < 4.78 is 10.8. The second-order valence-corrected chi connectivity index (χ2v) is 4.41. The Labute approximate surface area is 114 Å². The molecule has 1 heterocycles. The van der Waals surface area contributed by atoms with Crippen LogP contribution in [-0.4, -0.2) is 43.4 Å². The van der Waals surface area contributed by atoms with Crippen LogP contribution in [0.2, 0.25) is 0 Å². The molecule has 108 valence electrons. The number of nitrogens with one attached hydrogen (secondary N) is 2. The summed E-state index contributed by atoms with van der Waals surface area (Å²) in [6.45, 7) is 5.71. The summed E-state index contributed by atoms with van der Waals surface area (Å²) in [6.07, 6.45) is 3.86. The zero-order valence-electron chi connectivity index (χ0n) is 12.2. The molecule has 0 radical (unpaired) electrons. The minimum Gasteiger partial charge on any atom is -0.490 e. The molecule has 6 heteroatoms. The molecule has 1 aromatic rings. The Morgan fingerprint density at radius 1 is 1.21 bits per heavy atom. The van der Waals surface area contributed by atoms with Gasteiger partial charge in [0, 0.05) is 20.2 Å². The SMILES string of the molecule is CNc1ncnc(NCCCCOC(C)C)c1OC. The van der Waals surface area contributed by atoms with Gasteiger partial charge in [-0.25, -0.2) is 9.97 Å². The van der Waals surface area contributed by atoms with Gasteiger partial charge in [-0.2, -0.15) is 0 Å². The highest BCUT2D eigenvalue weighted by Crippen LogP contribution is 2.28. The fourth-order valence-corrected chi connectivity index (χ4v) is 1.62. The summed E-state index contributed by atoms with van der Waals surface area (Å²) >= 11 is 0. The van der Waals surface area contributed by atoms with Crippen LogP contribution in [0.15, 0.2) is 6.33 Å². The second-order valence-electron chi connectivity index (χ2n) is 4.41. The summed E-state index contributed by atoms with van der Waals surface area (Å²) in [5.74, 6) is 2.04. The monoisotopic (exact) mass is 268 g/mol. The summed E-state index contributed by atoms with van der Waals surface area (Å²) in [6, 6.07) is 0. The molecule has 0 aliphatic rings. The maximum Gasteiger partial charge on any atom is 0.204 e. The molecule has 0 aliphatic heterocycles. The first-order valence-electron chi connectivity index (χ1n) is 6.61. The summed E-state index contributed by atoms with van der Waals surface area (Å²) in [4.78, 5) is 8.28. The molecule has 19 heavy (non-hydrogen) atoms. The summed E-state index contributed by atoms with van der Waals surface area (Å²) in [5.41, 5.74) is 0. The van der Waals surface area contributed by atoms with Gasteiger partial charge in [0.25, 0.3) is 0 Å². The highest BCUT2D eigenvalue weighted by molar-refractivity contribution is 5.63. The van der Waals surface area contributed by atoms with Gasteiger partial charge in [-0.15, -0.1) is 0 Å². The van der Waals surface area contributed by atoms with E-state index >= 15 is 0 Å². The molecule has 0 atom stereocenters. The van der Waals surface area contributed by atoms with Gasteiger partial charge in [-0.05, 0) is 26.7 Å². The molecule has 0 unspecified atom stereocenters. The Hall–Kier alpha value is -1.56. The Bertz CT molecular complexity index is 372. The molecule has 0 aliphatic carbocycles. The third-order valence-electron chi connectivity index (χ3n) is 2.56. The standard InChI is InChI=1S/C13H24N4O2/c1-10(2)19-8-6-5-7-15-13-11(18-4)12(14-3)16-9-17-13/h9-10H,5-8H2,1-4H3,(H2,14,15,16,17). The maximum absolute atomic E-state index is 5.49. The molecular formula is C13H24N4O2. The Kier molecular flexibility index (Phi) is 6.95. The van der Waals surface area contributed by atoms with Gasteiger partial charge in [0.05, 0.1) is 13.2 Å². The molecule has 0 saturated heterocycles. The lowest BCUT2D eigenvalue weighted by Gasteiger charge is -2.12. The van der Waals surface area contributed by atoms with E-state index in [0.29, 0.717) is 23.5 Å². The zero-order chi connectivity index (χ0) is 14.1. The fourth-order valence-electron chi connectivity index (χ4n) is 1.62. The average Bonchev–Trinajstić information content (AvgIpc) is 2.41. The third-order valence-corrected chi connectivity index (χ3v) is 2.56. The number of rotatable bonds is 9. The van der Waals surface area contributed by atoms with Crippen LogP contribution in [0.4, 0.5) is 11.6 Å². The first kappa shape index (κ1) is 15.5. The molecule has 6 nitrogen and oxygen atoms in total. The quantitative estimate of drug-likeness (QED) is 0.669. The second kappa shape index (κ2) is 8.53. The van der Waals surface area contributed by atoms with E-state index in [2.05, 4.69) is 20.6 Å². The smallest absolute Gasteiger partial charge is 0.204 e. The summed E-state index contributed by atoms with van der Waals surface area (Å²) in [7, 11) is 3.42. The lowest BCUT2D eigenvalue weighted by molar-refractivity contribution is 0.0765. The molecule has 2 N–H and O–H groups in total. The maximum atomic E-state index is 5.49. The van der Waals surface area contributed by atoms with E-state index < -0.39 is 0 Å². The van der Waals surface area contributed by atoms with Gasteiger partial charge in [0.15, 0.2) is 11.6 Å². The van der Waals surface area contributed by atoms with Gasteiger partial charge in [-0.3, -0.25) is 0 Å². The van der Waals surface area contributed by atoms with Crippen molar-refractivity contribution in [1.29, 1.82) is 0 Å². The van der Waals surface area contributed by atoms with Crippen molar-refractivity contribution in [3.63, 3.8) is 0 Å². The number of anilines is 2. The molecule has 1 rings (SSSR count). The largest absolute Gasteiger partial charge is 0.490 e. The van der Waals surface area contributed by atoms with Crippen molar-refractivity contribution in [1.82, 2.24) is 9.97 Å². The van der Waals surface area contributed by atoms with Gasteiger partial charge in [0.2, 0.25) is 5.75 Å². The van der Waals surface area contributed by atoms with Crippen LogP contribution in [0.1, 0.15) is 26.7 Å². The lowest BCUT2D eigenvalue weighted by Crippen LogP contribution is -2.09. The minimum atomic E-state index is 0.299. The molecular weight excluding hydrogens is 244 g/mol. The van der Waals surface area contributed by atoms with Crippen molar-refractivity contribution in [2.75, 3.05) is 37.9 Å². The van der Waals surface area contributed by atoms with Crippen LogP contribution in [-0.2, 0) is 4.74 Å². The van der Waals surface area contributed by atoms with Crippen molar-refractivity contribution in [3.05, 3.63) is 6.33 Å². The van der Waals surface area contributed by atoms with E-state index in [1.54, 1.807) is 14.2 Å². The van der Waals surface area contributed by atoms with E-state index in [9.17, 15) is 0 Å². The molecule has 0 spiro atoms. The number of aromatic nitrogens is 2. The van der Waals surface area contributed by atoms with Crippen molar-refractivity contribution < 1.29 is 9.47 Å². The number of hydrogen-bond acceptors (Lipinski definition) is 6. The van der Waals surface area contributed by atoms with Crippen LogP contribution in [0, 0.1) is 0 Å². The van der Waals surface area contributed by atoms with Crippen LogP contribution in [0.25, 0.3) is 0 Å². The highest BCUT2D eigenvalue weighted by Gasteiger charge is 2.09. The highest BCUT2D eigenvalue weighted by atomic mass is 16.5. The Morgan fingerprint density at radius 3 is 2.58 bits per heavy atom. The van der Waals surface area contributed by atoms with Gasteiger partial charge >= 0.3 is 0 Å². The minimum absolute atomic E-state index is 0.299. The van der Waals surface area contributed by atoms with Crippen molar-refractivity contribution >= 4 is 11.6 Å². The van der Waals surface area contributed by atoms with E-state index in [-0.39, 0.29) is 0 Å². The molecule has 0 saturated carbocycles. The number of unbranched alkanes of at least 4 members (excludes halogenated alkanes) is 1. The van der Waals surface area contributed by atoms with Gasteiger partial charge in [-0.1, -0.05) is 0 Å². The molecule has 0 fully saturated rings. The Balaban J connectivity index is 2.37. The topological polar surface area (TPSA) is 68.3 Å². The van der Waals surface area contributed by atoms with Crippen molar-refractivity contribution in [2.24, 2.45) is 0 Å². The average molecular weight is 268 g/mol. The van der Waals surface area contributed by atoms with E-state index in [1.807, 2.05) is 13.8 Å². The molecule has 0 aromatic carbocycles. The predicted octanol–water partition coefficient (Wildman–Crippen LogP) is 2.14. The van der Waals surface area contributed by atoms with E-state index in [1.165, 1.54) is 6.33 Å². The van der Waals surface area contributed by atoms with Crippen LogP contribution in [0.3, 0.4) is 0 Å². The van der Waals surface area contributed by atoms with E-state index in [0.717, 1.165) is 26.0 Å². The fraction of sp³-hybridized carbons (Fsp3) is 0.692. The first-order chi connectivity index (χ1) is 9.19. The predicted molar refractivity (Wildman–Crippen MR) is 76.9 cm³/mol. The van der Waals surface area contributed by atoms with Gasteiger partial charge < -0.3 is 20.1 Å². The van der Waals surface area contributed by atoms with Crippen LogP contribution >= 0.6 is 0 Å². The molecule has 0 bridgehead atoms. The molecule has 0 amide bonds. The zero-order valence-corrected chi connectivity index (χ0v) is 12.2. The van der Waals surface area contributed by atoms with Crippen molar-refractivity contribution in [3.8, 4) is 5.75 Å². The lowest BCUT2D eigenvalue weighted by atomic mass is 10.3. The van der Waals surface area contributed by atoms with Gasteiger partial charge in [0.1, 0.15) is 6.33 Å². The van der Waals surface area contributed by atoms with E-state index in [4.69, 9.17) is 9.47 Å². The normalized spacial score (nSPS) is 10.6. The van der Waals surface area contributed by atoms with Crippen molar-refractivity contribution in [2.45, 2.75) is 32.8 Å². The number of nitrogens with zero attached hydrogens (tertiary/aromatic N) is 2. The summed E-state index contributed by atoms with van der Waals surface area (Å²) in [5, 5.41) is 6.23. The van der Waals surface area contributed by atoms with Crippen LogP contribution < -0.4 is 15.4 Å². The van der Waals surface area contributed by atoms with Crippen LogP contribution in [0.5, 0.6) is 5.75 Å². The third kappa shape index (κ3) is 5.30. The number of ether oxygens (including phenoxy) is 2. The number of hydrogen-bond donors (Lipinski definition) is 2. The Morgan fingerprint density at radius 2 is 1.95 bits per heavy atom. The molecule has 1 aromatic heterocycles. The number of methoxy groups -OCH3 is 1.